The molecule has 3 aromatic rings. The Balaban J connectivity index is 1.33. The fourth-order valence-corrected chi connectivity index (χ4v) is 5.79. The molecule has 1 fully saturated rings. The van der Waals surface area contributed by atoms with Gasteiger partial charge in [0.2, 0.25) is 0 Å². The van der Waals surface area contributed by atoms with E-state index in [-0.39, 0.29) is 11.3 Å². The fourth-order valence-electron chi connectivity index (χ4n) is 5.79. The van der Waals surface area contributed by atoms with Gasteiger partial charge in [0, 0.05) is 53.5 Å². The van der Waals surface area contributed by atoms with Gasteiger partial charge in [0.05, 0.1) is 5.69 Å². The number of aryl methyl sites for hydroxylation is 1. The van der Waals surface area contributed by atoms with E-state index in [4.69, 9.17) is 10.1 Å². The Labute approximate surface area is 177 Å². The van der Waals surface area contributed by atoms with Crippen LogP contribution in [-0.2, 0) is 23.8 Å². The summed E-state index contributed by atoms with van der Waals surface area (Å²) in [6, 6.07) is 13.1. The van der Waals surface area contributed by atoms with Gasteiger partial charge in [-0.1, -0.05) is 44.2 Å². The van der Waals surface area contributed by atoms with E-state index in [1.165, 1.54) is 40.9 Å². The lowest BCUT2D eigenvalue weighted by atomic mass is 9.76. The highest BCUT2D eigenvalue weighted by Gasteiger charge is 2.43. The van der Waals surface area contributed by atoms with Gasteiger partial charge in [-0.3, -0.25) is 4.68 Å². The molecule has 0 bridgehead atoms. The number of aliphatic imine (C=N–C) groups is 1. The Hall–Kier alpha value is -2.66. The maximum atomic E-state index is 5.03. The summed E-state index contributed by atoms with van der Waals surface area (Å²) in [4.78, 5) is 8.23. The number of benzene rings is 1. The lowest BCUT2D eigenvalue weighted by molar-refractivity contribution is 0.466. The van der Waals surface area contributed by atoms with Crippen LogP contribution in [0.5, 0.6) is 0 Å². The normalized spacial score (nSPS) is 25.1. The van der Waals surface area contributed by atoms with Crippen molar-refractivity contribution in [3.05, 3.63) is 70.7 Å². The summed E-state index contributed by atoms with van der Waals surface area (Å²) < 4.78 is 2.26. The Morgan fingerprint density at radius 1 is 1.17 bits per heavy atom. The number of rotatable bonds is 3. The van der Waals surface area contributed by atoms with Crippen LogP contribution in [0.3, 0.4) is 0 Å². The highest BCUT2D eigenvalue weighted by Crippen LogP contribution is 2.43. The van der Waals surface area contributed by atoms with Gasteiger partial charge in [-0.05, 0) is 43.0 Å². The zero-order chi connectivity index (χ0) is 20.3. The molecule has 0 saturated carbocycles. The molecule has 5 heteroatoms. The minimum atomic E-state index is -0.0711. The molecule has 1 spiro atoms. The van der Waals surface area contributed by atoms with E-state index in [2.05, 4.69) is 77.6 Å². The van der Waals surface area contributed by atoms with Crippen molar-refractivity contribution in [2.75, 3.05) is 13.1 Å². The number of nitrogens with zero attached hydrogens (tertiary/aromatic N) is 3. The second-order valence-electron chi connectivity index (χ2n) is 9.74. The van der Waals surface area contributed by atoms with E-state index in [1.54, 1.807) is 0 Å². The van der Waals surface area contributed by atoms with Crippen LogP contribution in [0.4, 0.5) is 5.82 Å². The molecule has 154 valence electrons. The molecule has 1 saturated heterocycles. The average molecular weight is 400 g/mol. The van der Waals surface area contributed by atoms with Crippen molar-refractivity contribution < 1.29 is 0 Å². The van der Waals surface area contributed by atoms with Crippen molar-refractivity contribution >= 4 is 12.0 Å². The van der Waals surface area contributed by atoms with Gasteiger partial charge in [0.15, 0.2) is 0 Å². The van der Waals surface area contributed by atoms with Crippen molar-refractivity contribution in [3.8, 4) is 0 Å². The second kappa shape index (κ2) is 6.42. The summed E-state index contributed by atoms with van der Waals surface area (Å²) in [5.41, 5.74) is 6.84. The summed E-state index contributed by atoms with van der Waals surface area (Å²) in [7, 11) is 0. The lowest BCUT2D eigenvalue weighted by Crippen LogP contribution is -2.25. The highest BCUT2D eigenvalue weighted by molar-refractivity contribution is 5.75. The van der Waals surface area contributed by atoms with Crippen molar-refractivity contribution in [1.82, 2.24) is 20.1 Å². The average Bonchev–Trinajstić information content (AvgIpc) is 3.54. The Kier molecular flexibility index (Phi) is 3.88. The van der Waals surface area contributed by atoms with Gasteiger partial charge >= 0.3 is 0 Å². The zero-order valence-corrected chi connectivity index (χ0v) is 17.8. The molecular weight excluding hydrogens is 370 g/mol. The number of aromatic nitrogens is 3. The number of fused-ring (bicyclic) bond motifs is 3. The van der Waals surface area contributed by atoms with Gasteiger partial charge < -0.3 is 10.3 Å². The molecule has 6 rings (SSSR count). The molecule has 3 aliphatic rings. The first kappa shape index (κ1) is 18.1. The van der Waals surface area contributed by atoms with Crippen molar-refractivity contribution in [1.29, 1.82) is 0 Å². The maximum Gasteiger partial charge on any atom is 0.133 e. The zero-order valence-electron chi connectivity index (χ0n) is 17.8. The lowest BCUT2D eigenvalue weighted by Gasteiger charge is -2.28. The molecule has 2 aromatic heterocycles. The first-order valence-corrected chi connectivity index (χ1v) is 11.2. The standard InChI is InChI=1S/C25H29N5/c1-24(2,18-6-4-3-5-7-18)20-15-28-23-19(20)12-17(14-27-23)21-13-22-25(8-10-26-16-25)9-11-30(22)29-21/h3-7,13-15,17,26,28H,8-12,16H2,1-2H3. The van der Waals surface area contributed by atoms with Crippen molar-refractivity contribution in [2.24, 2.45) is 4.99 Å². The number of aromatic amines is 1. The molecule has 0 aliphatic carbocycles. The summed E-state index contributed by atoms with van der Waals surface area (Å²) in [6.45, 7) is 7.87. The van der Waals surface area contributed by atoms with E-state index >= 15 is 0 Å². The van der Waals surface area contributed by atoms with Crippen molar-refractivity contribution in [3.63, 3.8) is 0 Å². The molecule has 0 radical (unpaired) electrons. The summed E-state index contributed by atoms with van der Waals surface area (Å²) in [6.07, 6.45) is 7.65. The molecule has 3 aliphatic heterocycles. The van der Waals surface area contributed by atoms with Gasteiger partial charge in [-0.15, -0.1) is 0 Å². The van der Waals surface area contributed by atoms with Gasteiger partial charge in [0.1, 0.15) is 5.82 Å². The molecule has 0 amide bonds. The molecule has 1 aromatic carbocycles. The molecule has 2 unspecified atom stereocenters. The smallest absolute Gasteiger partial charge is 0.133 e. The number of nitrogens with one attached hydrogen (secondary N) is 2. The quantitative estimate of drug-likeness (QED) is 0.693. The van der Waals surface area contributed by atoms with E-state index in [0.29, 0.717) is 5.41 Å². The van der Waals surface area contributed by atoms with Gasteiger partial charge in [-0.25, -0.2) is 4.99 Å². The SMILES string of the molecule is CC(C)(c1ccccc1)c1c[nH]c2c1CC(c1cc3n(n1)CCC31CCNC1)C=N2. The fraction of sp³-hybridized carbons (Fsp3) is 0.440. The molecule has 5 nitrogen and oxygen atoms in total. The Bertz CT molecular complexity index is 1110. The van der Waals surface area contributed by atoms with Crippen LogP contribution in [-0.4, -0.2) is 34.1 Å². The van der Waals surface area contributed by atoms with Crippen LogP contribution in [0.2, 0.25) is 0 Å². The summed E-state index contributed by atoms with van der Waals surface area (Å²) >= 11 is 0. The first-order valence-electron chi connectivity index (χ1n) is 11.2. The van der Waals surface area contributed by atoms with Crippen LogP contribution in [0, 0.1) is 0 Å². The monoisotopic (exact) mass is 399 g/mol. The first-order chi connectivity index (χ1) is 14.6. The highest BCUT2D eigenvalue weighted by atomic mass is 15.3. The van der Waals surface area contributed by atoms with Crippen LogP contribution in [0.15, 0.2) is 47.6 Å². The van der Waals surface area contributed by atoms with E-state index in [9.17, 15) is 0 Å². The predicted molar refractivity (Wildman–Crippen MR) is 120 cm³/mol. The van der Waals surface area contributed by atoms with Crippen LogP contribution < -0.4 is 5.32 Å². The Morgan fingerprint density at radius 3 is 2.83 bits per heavy atom. The third kappa shape index (κ3) is 2.58. The van der Waals surface area contributed by atoms with E-state index in [1.807, 2.05) is 0 Å². The maximum absolute atomic E-state index is 5.03. The third-order valence-corrected chi connectivity index (χ3v) is 7.71. The van der Waals surface area contributed by atoms with Crippen LogP contribution in [0.25, 0.3) is 0 Å². The molecule has 5 heterocycles. The van der Waals surface area contributed by atoms with E-state index in [0.717, 1.165) is 31.9 Å². The summed E-state index contributed by atoms with van der Waals surface area (Å²) in [5, 5.41) is 8.59. The van der Waals surface area contributed by atoms with Crippen LogP contribution in [0.1, 0.15) is 60.7 Å². The number of hydrogen-bond donors (Lipinski definition) is 2. The molecule has 2 N–H and O–H groups in total. The van der Waals surface area contributed by atoms with E-state index < -0.39 is 0 Å². The minimum absolute atomic E-state index is 0.0711. The largest absolute Gasteiger partial charge is 0.346 e. The molecular formula is C25H29N5. The predicted octanol–water partition coefficient (Wildman–Crippen LogP) is 4.21. The summed E-state index contributed by atoms with van der Waals surface area (Å²) in [5.74, 6) is 1.25. The van der Waals surface area contributed by atoms with Gasteiger partial charge in [-0.2, -0.15) is 5.10 Å². The third-order valence-electron chi connectivity index (χ3n) is 7.71. The second-order valence-corrected chi connectivity index (χ2v) is 9.74. The Morgan fingerprint density at radius 2 is 2.03 bits per heavy atom. The molecule has 2 atom stereocenters. The minimum Gasteiger partial charge on any atom is -0.346 e. The van der Waals surface area contributed by atoms with Crippen LogP contribution >= 0.6 is 0 Å². The van der Waals surface area contributed by atoms with Crippen molar-refractivity contribution in [2.45, 2.75) is 56.4 Å². The van der Waals surface area contributed by atoms with Gasteiger partial charge in [0.25, 0.3) is 0 Å². The number of hydrogen-bond acceptors (Lipinski definition) is 3. The topological polar surface area (TPSA) is 58.0 Å². The molecule has 30 heavy (non-hydrogen) atoms. The number of H-pyrrole nitrogens is 1.